The van der Waals surface area contributed by atoms with Crippen LogP contribution in [-0.4, -0.2) is 21.3 Å². The fourth-order valence-corrected chi connectivity index (χ4v) is 2.86. The highest BCUT2D eigenvalue weighted by Gasteiger charge is 2.14. The standard InChI is InChI=1S/C19H22N2O/c1-13-7-4-5-8-16(13)19-20-17-11-14(2)15(3)12-18(17)21(19)9-6-10-22/h4-5,7-8,11-12,22H,6,9-10H2,1-3H3. The predicted molar refractivity (Wildman–Crippen MR) is 91.1 cm³/mol. The van der Waals surface area contributed by atoms with Gasteiger partial charge in [-0.25, -0.2) is 4.98 Å². The van der Waals surface area contributed by atoms with Crippen LogP contribution in [0, 0.1) is 20.8 Å². The van der Waals surface area contributed by atoms with Gasteiger partial charge in [0.25, 0.3) is 0 Å². The quantitative estimate of drug-likeness (QED) is 0.789. The summed E-state index contributed by atoms with van der Waals surface area (Å²) in [7, 11) is 0. The van der Waals surface area contributed by atoms with Gasteiger partial charge < -0.3 is 9.67 Å². The molecule has 0 fully saturated rings. The SMILES string of the molecule is Cc1cc2nc(-c3ccccc3C)n(CCCO)c2cc1C. The van der Waals surface area contributed by atoms with Crippen LogP contribution in [0.25, 0.3) is 22.4 Å². The third-order valence-corrected chi connectivity index (χ3v) is 4.29. The number of aliphatic hydroxyl groups excluding tert-OH is 1. The van der Waals surface area contributed by atoms with E-state index in [1.54, 1.807) is 0 Å². The summed E-state index contributed by atoms with van der Waals surface area (Å²) in [5.74, 6) is 0.992. The summed E-state index contributed by atoms with van der Waals surface area (Å²) in [4.78, 5) is 4.88. The molecule has 0 atom stereocenters. The largest absolute Gasteiger partial charge is 0.396 e. The fourth-order valence-electron chi connectivity index (χ4n) is 2.86. The molecule has 0 aliphatic rings. The van der Waals surface area contributed by atoms with Crippen molar-refractivity contribution in [2.75, 3.05) is 6.61 Å². The Bertz CT molecular complexity index is 818. The van der Waals surface area contributed by atoms with Crippen LogP contribution in [0.15, 0.2) is 36.4 Å². The molecule has 0 saturated heterocycles. The van der Waals surface area contributed by atoms with Gasteiger partial charge in [0.15, 0.2) is 0 Å². The Balaban J connectivity index is 2.26. The number of fused-ring (bicyclic) bond motifs is 1. The topological polar surface area (TPSA) is 38.0 Å². The summed E-state index contributed by atoms with van der Waals surface area (Å²) in [6, 6.07) is 12.7. The maximum absolute atomic E-state index is 9.22. The van der Waals surface area contributed by atoms with E-state index in [0.29, 0.717) is 0 Å². The van der Waals surface area contributed by atoms with Gasteiger partial charge in [0.05, 0.1) is 11.0 Å². The maximum Gasteiger partial charge on any atom is 0.141 e. The molecule has 3 nitrogen and oxygen atoms in total. The van der Waals surface area contributed by atoms with Crippen LogP contribution >= 0.6 is 0 Å². The molecule has 1 aromatic heterocycles. The lowest BCUT2D eigenvalue weighted by atomic mass is 10.1. The van der Waals surface area contributed by atoms with E-state index in [1.807, 2.05) is 6.07 Å². The Kier molecular flexibility index (Phi) is 3.99. The number of hydrogen-bond donors (Lipinski definition) is 1. The Morgan fingerprint density at radius 1 is 1.00 bits per heavy atom. The molecule has 0 unspecified atom stereocenters. The van der Waals surface area contributed by atoms with Crippen LogP contribution in [0.1, 0.15) is 23.1 Å². The molecule has 3 aromatic rings. The number of benzene rings is 2. The Hall–Kier alpha value is -2.13. The molecule has 0 aliphatic carbocycles. The van der Waals surface area contributed by atoms with Crippen LogP contribution in [0.5, 0.6) is 0 Å². The van der Waals surface area contributed by atoms with Gasteiger partial charge in [-0.15, -0.1) is 0 Å². The van der Waals surface area contributed by atoms with Gasteiger partial charge in [-0.3, -0.25) is 0 Å². The molecule has 114 valence electrons. The molecular formula is C19H22N2O. The highest BCUT2D eigenvalue weighted by Crippen LogP contribution is 2.29. The second kappa shape index (κ2) is 5.93. The Labute approximate surface area is 131 Å². The Morgan fingerprint density at radius 3 is 2.45 bits per heavy atom. The van der Waals surface area contributed by atoms with E-state index in [0.717, 1.165) is 35.4 Å². The van der Waals surface area contributed by atoms with E-state index in [4.69, 9.17) is 4.98 Å². The van der Waals surface area contributed by atoms with E-state index in [2.05, 4.69) is 55.7 Å². The molecule has 0 saturated carbocycles. The van der Waals surface area contributed by atoms with Gasteiger partial charge in [0.1, 0.15) is 5.82 Å². The van der Waals surface area contributed by atoms with Crippen molar-refractivity contribution in [3.8, 4) is 11.4 Å². The van der Waals surface area contributed by atoms with Crippen molar-refractivity contribution in [1.29, 1.82) is 0 Å². The molecule has 3 rings (SSSR count). The molecular weight excluding hydrogens is 272 g/mol. The first-order valence-corrected chi connectivity index (χ1v) is 7.76. The summed E-state index contributed by atoms with van der Waals surface area (Å²) in [5, 5.41) is 9.22. The highest BCUT2D eigenvalue weighted by molar-refractivity contribution is 5.82. The smallest absolute Gasteiger partial charge is 0.141 e. The van der Waals surface area contributed by atoms with Crippen molar-refractivity contribution in [2.24, 2.45) is 0 Å². The number of aliphatic hydroxyl groups is 1. The molecule has 1 heterocycles. The zero-order valence-corrected chi connectivity index (χ0v) is 13.4. The monoisotopic (exact) mass is 294 g/mol. The summed E-state index contributed by atoms with van der Waals surface area (Å²) in [6.45, 7) is 7.33. The molecule has 0 radical (unpaired) electrons. The van der Waals surface area contributed by atoms with E-state index in [-0.39, 0.29) is 6.61 Å². The number of aromatic nitrogens is 2. The third-order valence-electron chi connectivity index (χ3n) is 4.29. The third kappa shape index (κ3) is 2.53. The maximum atomic E-state index is 9.22. The Morgan fingerprint density at radius 2 is 1.73 bits per heavy atom. The zero-order chi connectivity index (χ0) is 15.7. The predicted octanol–water partition coefficient (Wildman–Crippen LogP) is 4.01. The number of imidazole rings is 1. The molecule has 1 N–H and O–H groups in total. The van der Waals surface area contributed by atoms with Gasteiger partial charge in [-0.1, -0.05) is 24.3 Å². The molecule has 0 bridgehead atoms. The van der Waals surface area contributed by atoms with Crippen LogP contribution in [0.3, 0.4) is 0 Å². The minimum atomic E-state index is 0.192. The van der Waals surface area contributed by atoms with Crippen LogP contribution in [0.2, 0.25) is 0 Å². The first-order chi connectivity index (χ1) is 10.6. The van der Waals surface area contributed by atoms with Crippen molar-refractivity contribution >= 4 is 11.0 Å². The lowest BCUT2D eigenvalue weighted by molar-refractivity contribution is 0.281. The average molecular weight is 294 g/mol. The van der Waals surface area contributed by atoms with Crippen LogP contribution in [0.4, 0.5) is 0 Å². The second-order valence-corrected chi connectivity index (χ2v) is 5.90. The van der Waals surface area contributed by atoms with Gasteiger partial charge in [-0.05, 0) is 56.0 Å². The minimum absolute atomic E-state index is 0.192. The molecule has 22 heavy (non-hydrogen) atoms. The number of rotatable bonds is 4. The van der Waals surface area contributed by atoms with E-state index >= 15 is 0 Å². The number of hydrogen-bond acceptors (Lipinski definition) is 2. The summed E-state index contributed by atoms with van der Waals surface area (Å²) >= 11 is 0. The first kappa shape index (κ1) is 14.8. The molecule has 0 spiro atoms. The summed E-state index contributed by atoms with van der Waals surface area (Å²) in [6.07, 6.45) is 0.733. The fraction of sp³-hybridized carbons (Fsp3) is 0.316. The van der Waals surface area contributed by atoms with Crippen molar-refractivity contribution in [1.82, 2.24) is 9.55 Å². The first-order valence-electron chi connectivity index (χ1n) is 7.76. The number of aryl methyl sites for hydroxylation is 4. The summed E-state index contributed by atoms with van der Waals surface area (Å²) in [5.41, 5.74) is 7.09. The zero-order valence-electron chi connectivity index (χ0n) is 13.4. The van der Waals surface area contributed by atoms with Crippen molar-refractivity contribution in [3.05, 3.63) is 53.1 Å². The lowest BCUT2D eigenvalue weighted by Crippen LogP contribution is -2.03. The summed E-state index contributed by atoms with van der Waals surface area (Å²) < 4.78 is 2.24. The number of nitrogens with zero attached hydrogens (tertiary/aromatic N) is 2. The minimum Gasteiger partial charge on any atom is -0.396 e. The second-order valence-electron chi connectivity index (χ2n) is 5.90. The van der Waals surface area contributed by atoms with Gasteiger partial charge in [0, 0.05) is 18.7 Å². The highest BCUT2D eigenvalue weighted by atomic mass is 16.3. The van der Waals surface area contributed by atoms with E-state index in [1.165, 1.54) is 16.7 Å². The van der Waals surface area contributed by atoms with Crippen molar-refractivity contribution < 1.29 is 5.11 Å². The van der Waals surface area contributed by atoms with Gasteiger partial charge in [-0.2, -0.15) is 0 Å². The normalized spacial score (nSPS) is 11.3. The molecule has 0 aliphatic heterocycles. The van der Waals surface area contributed by atoms with Crippen LogP contribution < -0.4 is 0 Å². The average Bonchev–Trinajstić information content (AvgIpc) is 2.83. The molecule has 3 heteroatoms. The molecule has 0 amide bonds. The van der Waals surface area contributed by atoms with Gasteiger partial charge in [0.2, 0.25) is 0 Å². The van der Waals surface area contributed by atoms with Crippen molar-refractivity contribution in [2.45, 2.75) is 33.7 Å². The van der Waals surface area contributed by atoms with E-state index < -0.39 is 0 Å². The lowest BCUT2D eigenvalue weighted by Gasteiger charge is -2.11. The van der Waals surface area contributed by atoms with E-state index in [9.17, 15) is 5.11 Å². The van der Waals surface area contributed by atoms with Crippen molar-refractivity contribution in [3.63, 3.8) is 0 Å². The van der Waals surface area contributed by atoms with Gasteiger partial charge >= 0.3 is 0 Å². The molecule has 2 aromatic carbocycles. The van der Waals surface area contributed by atoms with Crippen LogP contribution in [-0.2, 0) is 6.54 Å².